The summed E-state index contributed by atoms with van der Waals surface area (Å²) >= 11 is 0. The van der Waals surface area contributed by atoms with Gasteiger partial charge in [-0.25, -0.2) is 9.38 Å². The first-order valence-corrected chi connectivity index (χ1v) is 6.62. The zero-order valence-electron chi connectivity index (χ0n) is 11.8. The molecular weight excluding hydrogens is 318 g/mol. The molecule has 0 amide bonds. The fourth-order valence-corrected chi connectivity index (χ4v) is 2.31. The molecule has 2 rings (SSSR count). The molecule has 10 heteroatoms. The van der Waals surface area contributed by atoms with Crippen LogP contribution in [0.15, 0.2) is 29.3 Å². The van der Waals surface area contributed by atoms with Crippen LogP contribution in [-0.2, 0) is 0 Å². The second kappa shape index (κ2) is 6.31. The Kier molecular flexibility index (Phi) is 4.62. The number of halogens is 4. The van der Waals surface area contributed by atoms with Crippen LogP contribution in [0.3, 0.4) is 0 Å². The van der Waals surface area contributed by atoms with E-state index < -0.39 is 24.3 Å². The molecule has 1 heterocycles. The number of nitrogens with one attached hydrogen (secondary N) is 1. The monoisotopic (exact) mass is 333 g/mol. The Bertz CT molecular complexity index is 601. The first kappa shape index (κ1) is 16.8. The molecule has 0 radical (unpaired) electrons. The van der Waals surface area contributed by atoms with Gasteiger partial charge in [0.1, 0.15) is 23.8 Å². The Morgan fingerprint density at radius 2 is 1.87 bits per heavy atom. The molecule has 1 saturated heterocycles. The zero-order chi connectivity index (χ0) is 17.2. The number of nitrogens with two attached hydrogens (primary N) is 2. The highest BCUT2D eigenvalue weighted by molar-refractivity contribution is 5.92. The summed E-state index contributed by atoms with van der Waals surface area (Å²) in [6, 6.07) is 3.70. The van der Waals surface area contributed by atoms with Crippen LogP contribution < -0.4 is 16.2 Å². The van der Waals surface area contributed by atoms with Gasteiger partial charge in [0, 0.05) is 6.54 Å². The zero-order valence-corrected chi connectivity index (χ0v) is 11.8. The van der Waals surface area contributed by atoms with Gasteiger partial charge in [-0.3, -0.25) is 5.41 Å². The third kappa shape index (κ3) is 4.24. The largest absolute Gasteiger partial charge is 0.573 e. The van der Waals surface area contributed by atoms with E-state index in [1.807, 2.05) is 0 Å². The van der Waals surface area contributed by atoms with Crippen LogP contribution in [0.5, 0.6) is 5.75 Å². The number of hydrogen-bond acceptors (Lipinski definition) is 3. The molecule has 2 atom stereocenters. The summed E-state index contributed by atoms with van der Waals surface area (Å²) in [5, 5.41) is 7.40. The van der Waals surface area contributed by atoms with Crippen molar-refractivity contribution in [2.75, 3.05) is 6.54 Å². The lowest BCUT2D eigenvalue weighted by Gasteiger charge is -2.24. The molecule has 126 valence electrons. The van der Waals surface area contributed by atoms with Crippen molar-refractivity contribution < 1.29 is 22.3 Å². The van der Waals surface area contributed by atoms with Crippen molar-refractivity contribution in [3.05, 3.63) is 24.3 Å². The van der Waals surface area contributed by atoms with E-state index in [0.717, 1.165) is 12.1 Å². The molecule has 0 bridgehead atoms. The Labute approximate surface area is 129 Å². The Balaban J connectivity index is 2.15. The summed E-state index contributed by atoms with van der Waals surface area (Å²) in [6.07, 6.45) is -5.94. The molecule has 1 unspecified atom stereocenters. The number of rotatable bonds is 3. The molecular formula is C13H15F4N5O. The minimum absolute atomic E-state index is 0.102. The second-order valence-corrected chi connectivity index (χ2v) is 4.91. The first-order chi connectivity index (χ1) is 10.7. The van der Waals surface area contributed by atoms with Gasteiger partial charge in [-0.15, -0.1) is 13.2 Å². The van der Waals surface area contributed by atoms with E-state index >= 15 is 0 Å². The van der Waals surface area contributed by atoms with Crippen molar-refractivity contribution in [3.63, 3.8) is 0 Å². The lowest BCUT2D eigenvalue weighted by Crippen LogP contribution is -2.49. The van der Waals surface area contributed by atoms with Gasteiger partial charge in [0.05, 0.1) is 5.69 Å². The van der Waals surface area contributed by atoms with E-state index in [0.29, 0.717) is 0 Å². The number of amidine groups is 1. The number of ether oxygens (including phenoxy) is 1. The van der Waals surface area contributed by atoms with Gasteiger partial charge in [-0.05, 0) is 30.7 Å². The average molecular weight is 333 g/mol. The normalized spacial score (nSPS) is 22.3. The maximum absolute atomic E-state index is 13.9. The molecule has 1 aliphatic rings. The molecule has 1 aromatic carbocycles. The summed E-state index contributed by atoms with van der Waals surface area (Å²) in [7, 11) is 0. The van der Waals surface area contributed by atoms with Gasteiger partial charge in [-0.2, -0.15) is 0 Å². The fraction of sp³-hybridized carbons (Fsp3) is 0.385. The van der Waals surface area contributed by atoms with Crippen LogP contribution >= 0.6 is 0 Å². The van der Waals surface area contributed by atoms with Crippen LogP contribution in [0.4, 0.5) is 23.2 Å². The molecule has 1 aliphatic heterocycles. The standard InChI is InChI=1S/C13H15F4N5O/c14-9-5-6-22(12(19)20)10(9)11(18)21-7-1-3-8(4-2-7)23-13(15,16)17/h1-4,9-10H,5-6H2,(H2,18,21)(H3,19,20)/t9?,10-/m0/s1. The Morgan fingerprint density at radius 1 is 1.26 bits per heavy atom. The predicted octanol–water partition coefficient (Wildman–Crippen LogP) is 1.88. The number of benzene rings is 1. The van der Waals surface area contributed by atoms with Crippen molar-refractivity contribution in [2.45, 2.75) is 25.0 Å². The number of aliphatic imine (C=N–C) groups is 1. The Hall–Kier alpha value is -2.52. The lowest BCUT2D eigenvalue weighted by atomic mass is 10.1. The highest BCUT2D eigenvalue weighted by Gasteiger charge is 2.38. The SMILES string of the molecule is N=C(N)N1CCC(F)[C@H]1C(N)=Nc1ccc(OC(F)(F)F)cc1. The van der Waals surface area contributed by atoms with Gasteiger partial charge in [0.15, 0.2) is 5.96 Å². The summed E-state index contributed by atoms with van der Waals surface area (Å²) in [5.41, 5.74) is 11.4. The average Bonchev–Trinajstić information content (AvgIpc) is 2.81. The summed E-state index contributed by atoms with van der Waals surface area (Å²) in [4.78, 5) is 5.27. The molecule has 0 spiro atoms. The molecule has 6 nitrogen and oxygen atoms in total. The molecule has 0 aromatic heterocycles. The second-order valence-electron chi connectivity index (χ2n) is 4.91. The third-order valence-electron chi connectivity index (χ3n) is 3.27. The molecule has 5 N–H and O–H groups in total. The van der Waals surface area contributed by atoms with Gasteiger partial charge >= 0.3 is 6.36 Å². The molecule has 0 aliphatic carbocycles. The van der Waals surface area contributed by atoms with Gasteiger partial charge in [0.25, 0.3) is 0 Å². The van der Waals surface area contributed by atoms with Crippen LogP contribution in [0.25, 0.3) is 0 Å². The summed E-state index contributed by atoms with van der Waals surface area (Å²) in [5.74, 6) is -0.818. The third-order valence-corrected chi connectivity index (χ3v) is 3.27. The topological polar surface area (TPSA) is 101 Å². The van der Waals surface area contributed by atoms with Crippen LogP contribution in [0, 0.1) is 5.41 Å². The van der Waals surface area contributed by atoms with Gasteiger partial charge < -0.3 is 21.1 Å². The molecule has 23 heavy (non-hydrogen) atoms. The predicted molar refractivity (Wildman–Crippen MR) is 76.3 cm³/mol. The van der Waals surface area contributed by atoms with Crippen molar-refractivity contribution in [3.8, 4) is 5.75 Å². The molecule has 1 aromatic rings. The Morgan fingerprint density at radius 3 is 2.39 bits per heavy atom. The van der Waals surface area contributed by atoms with E-state index in [1.165, 1.54) is 17.0 Å². The van der Waals surface area contributed by atoms with E-state index in [9.17, 15) is 17.6 Å². The minimum Gasteiger partial charge on any atom is -0.406 e. The summed E-state index contributed by atoms with van der Waals surface area (Å²) < 4.78 is 53.8. The molecule has 1 fully saturated rings. The number of likely N-dealkylation sites (tertiary alicyclic amines) is 1. The van der Waals surface area contributed by atoms with E-state index in [-0.39, 0.29) is 30.4 Å². The van der Waals surface area contributed by atoms with E-state index in [4.69, 9.17) is 16.9 Å². The van der Waals surface area contributed by atoms with Crippen molar-refractivity contribution in [1.82, 2.24) is 4.90 Å². The van der Waals surface area contributed by atoms with Crippen molar-refractivity contribution >= 4 is 17.5 Å². The fourth-order valence-electron chi connectivity index (χ4n) is 2.31. The number of hydrogen-bond donors (Lipinski definition) is 3. The first-order valence-electron chi connectivity index (χ1n) is 6.62. The van der Waals surface area contributed by atoms with Crippen molar-refractivity contribution in [2.24, 2.45) is 16.5 Å². The molecule has 0 saturated carbocycles. The minimum atomic E-state index is -4.78. The number of guanidine groups is 1. The van der Waals surface area contributed by atoms with Crippen LogP contribution in [-0.4, -0.2) is 41.8 Å². The quantitative estimate of drug-likeness (QED) is 0.447. The van der Waals surface area contributed by atoms with Gasteiger partial charge in [-0.1, -0.05) is 0 Å². The maximum atomic E-state index is 13.9. The van der Waals surface area contributed by atoms with Crippen molar-refractivity contribution in [1.29, 1.82) is 5.41 Å². The number of alkyl halides is 4. The smallest absolute Gasteiger partial charge is 0.406 e. The summed E-state index contributed by atoms with van der Waals surface area (Å²) in [6.45, 7) is 0.246. The van der Waals surface area contributed by atoms with Crippen LogP contribution in [0.1, 0.15) is 6.42 Å². The van der Waals surface area contributed by atoms with E-state index in [2.05, 4.69) is 9.73 Å². The highest BCUT2D eigenvalue weighted by Crippen LogP contribution is 2.26. The number of nitrogens with zero attached hydrogens (tertiary/aromatic N) is 2. The van der Waals surface area contributed by atoms with Gasteiger partial charge in [0.2, 0.25) is 0 Å². The van der Waals surface area contributed by atoms with Crippen LogP contribution in [0.2, 0.25) is 0 Å². The highest BCUT2D eigenvalue weighted by atomic mass is 19.4. The van der Waals surface area contributed by atoms with E-state index in [1.54, 1.807) is 0 Å². The maximum Gasteiger partial charge on any atom is 0.573 e. The lowest BCUT2D eigenvalue weighted by molar-refractivity contribution is -0.274.